The van der Waals surface area contributed by atoms with Gasteiger partial charge in [0.15, 0.2) is 0 Å². The van der Waals surface area contributed by atoms with Crippen LogP contribution in [0.4, 0.5) is 14.7 Å². The quantitative estimate of drug-likeness (QED) is 0.820. The van der Waals surface area contributed by atoms with E-state index in [1.807, 2.05) is 11.8 Å². The number of piperidine rings is 1. The third kappa shape index (κ3) is 3.89. The van der Waals surface area contributed by atoms with Gasteiger partial charge in [-0.25, -0.2) is 13.8 Å². The van der Waals surface area contributed by atoms with E-state index in [4.69, 9.17) is 0 Å². The van der Waals surface area contributed by atoms with Gasteiger partial charge in [0.2, 0.25) is 11.9 Å². The van der Waals surface area contributed by atoms with Gasteiger partial charge in [-0.05, 0) is 37.7 Å². The lowest BCUT2D eigenvalue weighted by molar-refractivity contribution is -0.129. The summed E-state index contributed by atoms with van der Waals surface area (Å²) in [6.45, 7) is 4.95. The standard InChI is InChI=1S/C21H27F2N5O2/c1-12-4-3-5-17(12)28-19-14(10-16(18(22)23)20(28)30)11-24-21(26-19)25-15-6-8-27(9-7-15)13(2)29/h10-12,15,17-18H,3-9H2,1-2H3,(H,24,25,26). The number of amides is 1. The highest BCUT2D eigenvalue weighted by Gasteiger charge is 2.30. The van der Waals surface area contributed by atoms with E-state index < -0.39 is 17.5 Å². The normalized spacial score (nSPS) is 22.8. The van der Waals surface area contributed by atoms with Gasteiger partial charge in [0.25, 0.3) is 12.0 Å². The smallest absolute Gasteiger partial charge is 0.269 e. The first kappa shape index (κ1) is 20.7. The van der Waals surface area contributed by atoms with Crippen molar-refractivity contribution in [3.63, 3.8) is 0 Å². The van der Waals surface area contributed by atoms with Gasteiger partial charge in [-0.2, -0.15) is 4.98 Å². The molecule has 2 aromatic heterocycles. The van der Waals surface area contributed by atoms with Crippen LogP contribution in [0.15, 0.2) is 17.1 Å². The van der Waals surface area contributed by atoms with Crippen LogP contribution in [0.25, 0.3) is 11.0 Å². The molecule has 0 radical (unpaired) electrons. The van der Waals surface area contributed by atoms with Crippen molar-refractivity contribution in [1.29, 1.82) is 0 Å². The molecular formula is C21H27F2N5O2. The van der Waals surface area contributed by atoms with Gasteiger partial charge in [0.1, 0.15) is 5.65 Å². The highest BCUT2D eigenvalue weighted by atomic mass is 19.3. The molecule has 162 valence electrons. The minimum Gasteiger partial charge on any atom is -0.351 e. The van der Waals surface area contributed by atoms with Crippen LogP contribution in [0.1, 0.15) is 64.0 Å². The average Bonchev–Trinajstić information content (AvgIpc) is 3.13. The van der Waals surface area contributed by atoms with Crippen LogP contribution in [-0.4, -0.2) is 44.5 Å². The monoisotopic (exact) mass is 419 g/mol. The maximum Gasteiger partial charge on any atom is 0.269 e. The summed E-state index contributed by atoms with van der Waals surface area (Å²) in [7, 11) is 0. The minimum atomic E-state index is -2.84. The van der Waals surface area contributed by atoms with Gasteiger partial charge in [0, 0.05) is 43.7 Å². The zero-order valence-corrected chi connectivity index (χ0v) is 17.3. The Kier molecular flexibility index (Phi) is 5.71. The van der Waals surface area contributed by atoms with Crippen LogP contribution >= 0.6 is 0 Å². The lowest BCUT2D eigenvalue weighted by atomic mass is 10.0. The van der Waals surface area contributed by atoms with Crippen molar-refractivity contribution < 1.29 is 13.6 Å². The molecule has 0 spiro atoms. The molecule has 1 saturated carbocycles. The fraction of sp³-hybridized carbons (Fsp3) is 0.619. The van der Waals surface area contributed by atoms with Crippen molar-refractivity contribution in [3.8, 4) is 0 Å². The fourth-order valence-corrected chi connectivity index (χ4v) is 4.71. The van der Waals surface area contributed by atoms with Crippen LogP contribution in [0.5, 0.6) is 0 Å². The van der Waals surface area contributed by atoms with Crippen LogP contribution in [-0.2, 0) is 4.79 Å². The van der Waals surface area contributed by atoms with Crippen molar-refractivity contribution in [2.24, 2.45) is 5.92 Å². The number of nitrogens with zero attached hydrogens (tertiary/aromatic N) is 4. The molecule has 9 heteroatoms. The Morgan fingerprint density at radius 1 is 1.23 bits per heavy atom. The van der Waals surface area contributed by atoms with Crippen LogP contribution in [0.2, 0.25) is 0 Å². The van der Waals surface area contributed by atoms with Crippen molar-refractivity contribution in [3.05, 3.63) is 28.2 Å². The number of halogens is 2. The maximum atomic E-state index is 13.5. The van der Waals surface area contributed by atoms with Gasteiger partial charge >= 0.3 is 0 Å². The Morgan fingerprint density at radius 3 is 2.57 bits per heavy atom. The van der Waals surface area contributed by atoms with Crippen molar-refractivity contribution in [2.45, 2.75) is 64.5 Å². The van der Waals surface area contributed by atoms with Crippen LogP contribution in [0, 0.1) is 5.92 Å². The molecule has 2 aromatic rings. The number of hydrogen-bond donors (Lipinski definition) is 1. The Morgan fingerprint density at radius 2 is 1.97 bits per heavy atom. The molecule has 2 atom stereocenters. The van der Waals surface area contributed by atoms with E-state index in [0.29, 0.717) is 30.1 Å². The summed E-state index contributed by atoms with van der Waals surface area (Å²) < 4.78 is 28.5. The van der Waals surface area contributed by atoms with E-state index in [1.165, 1.54) is 16.8 Å². The van der Waals surface area contributed by atoms with Crippen molar-refractivity contribution in [1.82, 2.24) is 19.4 Å². The topological polar surface area (TPSA) is 80.1 Å². The van der Waals surface area contributed by atoms with Crippen molar-refractivity contribution in [2.75, 3.05) is 18.4 Å². The van der Waals surface area contributed by atoms with E-state index in [2.05, 4.69) is 15.3 Å². The summed E-state index contributed by atoms with van der Waals surface area (Å²) >= 11 is 0. The lowest BCUT2D eigenvalue weighted by Gasteiger charge is -2.31. The van der Waals surface area contributed by atoms with E-state index in [-0.39, 0.29) is 23.9 Å². The van der Waals surface area contributed by atoms with Gasteiger partial charge in [-0.15, -0.1) is 0 Å². The second kappa shape index (κ2) is 8.28. The molecule has 1 aliphatic carbocycles. The number of hydrogen-bond acceptors (Lipinski definition) is 5. The number of rotatable bonds is 4. The molecule has 4 rings (SSSR count). The molecule has 2 aliphatic rings. The predicted octanol–water partition coefficient (Wildman–Crippen LogP) is 3.51. The number of pyridine rings is 1. The number of anilines is 1. The molecule has 1 N–H and O–H groups in total. The molecule has 0 aromatic carbocycles. The molecule has 2 fully saturated rings. The van der Waals surface area contributed by atoms with Gasteiger partial charge in [0.05, 0.1) is 5.56 Å². The third-order valence-corrected chi connectivity index (χ3v) is 6.46. The highest BCUT2D eigenvalue weighted by molar-refractivity contribution is 5.76. The zero-order chi connectivity index (χ0) is 21.4. The summed E-state index contributed by atoms with van der Waals surface area (Å²) in [6.07, 6.45) is 2.92. The number of alkyl halides is 2. The summed E-state index contributed by atoms with van der Waals surface area (Å²) in [5.74, 6) is 0.674. The second-order valence-corrected chi connectivity index (χ2v) is 8.45. The number of fused-ring (bicyclic) bond motifs is 1. The summed E-state index contributed by atoms with van der Waals surface area (Å²) in [5.41, 5.74) is -0.750. The molecule has 1 amide bonds. The Hall–Kier alpha value is -2.58. The summed E-state index contributed by atoms with van der Waals surface area (Å²) in [5, 5.41) is 3.74. The van der Waals surface area contributed by atoms with Crippen LogP contribution in [0.3, 0.4) is 0 Å². The van der Waals surface area contributed by atoms with Crippen molar-refractivity contribution >= 4 is 22.9 Å². The third-order valence-electron chi connectivity index (χ3n) is 6.46. The largest absolute Gasteiger partial charge is 0.351 e. The zero-order valence-electron chi connectivity index (χ0n) is 17.3. The Labute approximate surface area is 173 Å². The predicted molar refractivity (Wildman–Crippen MR) is 110 cm³/mol. The summed E-state index contributed by atoms with van der Waals surface area (Å²) in [4.78, 5) is 35.1. The molecule has 0 bridgehead atoms. The molecule has 1 aliphatic heterocycles. The molecule has 1 saturated heterocycles. The van der Waals surface area contributed by atoms with Gasteiger partial charge in [-0.3, -0.25) is 14.2 Å². The van der Waals surface area contributed by atoms with E-state index in [0.717, 1.165) is 32.1 Å². The fourth-order valence-electron chi connectivity index (χ4n) is 4.71. The molecule has 30 heavy (non-hydrogen) atoms. The number of likely N-dealkylation sites (tertiary alicyclic amines) is 1. The van der Waals surface area contributed by atoms with Gasteiger partial charge in [-0.1, -0.05) is 13.3 Å². The SMILES string of the molecule is CC(=O)N1CCC(Nc2ncc3cc(C(F)F)c(=O)n(C4CCCC4C)c3n2)CC1. The Bertz CT molecular complexity index is 1000. The number of aromatic nitrogens is 3. The lowest BCUT2D eigenvalue weighted by Crippen LogP contribution is -2.41. The van der Waals surface area contributed by atoms with Gasteiger partial charge < -0.3 is 10.2 Å². The van der Waals surface area contributed by atoms with E-state index >= 15 is 0 Å². The first-order valence-corrected chi connectivity index (χ1v) is 10.6. The molecule has 7 nitrogen and oxygen atoms in total. The number of nitrogens with one attached hydrogen (secondary N) is 1. The molecule has 3 heterocycles. The maximum absolute atomic E-state index is 13.5. The second-order valence-electron chi connectivity index (χ2n) is 8.45. The average molecular weight is 419 g/mol. The molecule has 2 unspecified atom stereocenters. The minimum absolute atomic E-state index is 0.0694. The Balaban J connectivity index is 1.68. The molecular weight excluding hydrogens is 392 g/mol. The first-order chi connectivity index (χ1) is 14.3. The van der Waals surface area contributed by atoms with E-state index in [1.54, 1.807) is 6.92 Å². The summed E-state index contributed by atoms with van der Waals surface area (Å²) in [6, 6.07) is 1.19. The highest BCUT2D eigenvalue weighted by Crippen LogP contribution is 2.36. The number of carbonyl (C=O) groups excluding carboxylic acids is 1. The van der Waals surface area contributed by atoms with Crippen LogP contribution < -0.4 is 10.9 Å². The first-order valence-electron chi connectivity index (χ1n) is 10.6. The van der Waals surface area contributed by atoms with E-state index in [9.17, 15) is 18.4 Å². The number of carbonyl (C=O) groups is 1.